The molecule has 0 spiro atoms. The van der Waals surface area contributed by atoms with Gasteiger partial charge in [0, 0.05) is 6.54 Å². The molecule has 1 N–H and O–H groups in total. The van der Waals surface area contributed by atoms with Crippen molar-refractivity contribution in [2.24, 2.45) is 0 Å². The van der Waals surface area contributed by atoms with Crippen molar-refractivity contribution in [3.63, 3.8) is 0 Å². The zero-order chi connectivity index (χ0) is 8.81. The lowest BCUT2D eigenvalue weighted by atomic mass is 10.1. The SMILES string of the molecule is N#CC[C@@H](O)CN1CCCCC1. The van der Waals surface area contributed by atoms with Crippen LogP contribution in [0.2, 0.25) is 0 Å². The van der Waals surface area contributed by atoms with E-state index in [1.165, 1.54) is 19.3 Å². The first-order chi connectivity index (χ1) is 5.83. The van der Waals surface area contributed by atoms with Gasteiger partial charge >= 0.3 is 0 Å². The summed E-state index contributed by atoms with van der Waals surface area (Å²) in [4.78, 5) is 2.24. The fraction of sp³-hybridized carbons (Fsp3) is 0.889. The number of nitriles is 1. The summed E-state index contributed by atoms with van der Waals surface area (Å²) in [6, 6.07) is 1.98. The second kappa shape index (κ2) is 5.13. The van der Waals surface area contributed by atoms with E-state index in [0.717, 1.165) is 13.1 Å². The van der Waals surface area contributed by atoms with E-state index in [2.05, 4.69) is 4.90 Å². The van der Waals surface area contributed by atoms with Crippen LogP contribution in [0.5, 0.6) is 0 Å². The van der Waals surface area contributed by atoms with Crippen LogP contribution in [0.3, 0.4) is 0 Å². The van der Waals surface area contributed by atoms with Gasteiger partial charge in [0.15, 0.2) is 0 Å². The Morgan fingerprint density at radius 1 is 1.33 bits per heavy atom. The molecule has 0 unspecified atom stereocenters. The van der Waals surface area contributed by atoms with Gasteiger partial charge in [-0.3, -0.25) is 0 Å². The largest absolute Gasteiger partial charge is 0.391 e. The summed E-state index contributed by atoms with van der Waals surface area (Å²) in [5.41, 5.74) is 0. The van der Waals surface area contributed by atoms with Crippen LogP contribution in [0.25, 0.3) is 0 Å². The minimum Gasteiger partial charge on any atom is -0.391 e. The van der Waals surface area contributed by atoms with E-state index in [1.54, 1.807) is 0 Å². The summed E-state index contributed by atoms with van der Waals surface area (Å²) in [5, 5.41) is 17.7. The molecule has 0 radical (unpaired) electrons. The lowest BCUT2D eigenvalue weighted by molar-refractivity contribution is 0.104. The standard InChI is InChI=1S/C9H16N2O/c10-5-4-9(12)8-11-6-2-1-3-7-11/h9,12H,1-4,6-8H2/t9-/m1/s1. The maximum absolute atomic E-state index is 9.34. The minimum absolute atomic E-state index is 0.260. The van der Waals surface area contributed by atoms with E-state index in [9.17, 15) is 5.11 Å². The second-order valence-electron chi connectivity index (χ2n) is 3.38. The van der Waals surface area contributed by atoms with E-state index < -0.39 is 6.10 Å². The normalized spacial score (nSPS) is 21.7. The van der Waals surface area contributed by atoms with Crippen LogP contribution < -0.4 is 0 Å². The lowest BCUT2D eigenvalue weighted by Gasteiger charge is -2.27. The van der Waals surface area contributed by atoms with Crippen molar-refractivity contribution in [3.05, 3.63) is 0 Å². The van der Waals surface area contributed by atoms with Crippen LogP contribution in [0.15, 0.2) is 0 Å². The molecule has 0 bridgehead atoms. The van der Waals surface area contributed by atoms with Crippen molar-refractivity contribution in [2.45, 2.75) is 31.8 Å². The highest BCUT2D eigenvalue weighted by Crippen LogP contribution is 2.09. The third kappa shape index (κ3) is 3.21. The predicted octanol–water partition coefficient (Wildman–Crippen LogP) is 0.747. The van der Waals surface area contributed by atoms with E-state index in [-0.39, 0.29) is 6.42 Å². The molecule has 0 aromatic heterocycles. The fourth-order valence-electron chi connectivity index (χ4n) is 1.61. The molecule has 1 rings (SSSR count). The Bertz CT molecular complexity index is 158. The summed E-state index contributed by atoms with van der Waals surface area (Å²) in [7, 11) is 0. The number of rotatable bonds is 3. The van der Waals surface area contributed by atoms with Crippen LogP contribution >= 0.6 is 0 Å². The molecule has 0 aliphatic carbocycles. The highest BCUT2D eigenvalue weighted by atomic mass is 16.3. The zero-order valence-electron chi connectivity index (χ0n) is 7.37. The highest BCUT2D eigenvalue weighted by molar-refractivity contribution is 4.78. The van der Waals surface area contributed by atoms with Crippen molar-refractivity contribution >= 4 is 0 Å². The van der Waals surface area contributed by atoms with Crippen LogP contribution in [0.1, 0.15) is 25.7 Å². The van der Waals surface area contributed by atoms with E-state index >= 15 is 0 Å². The molecule has 0 aromatic carbocycles. The average molecular weight is 168 g/mol. The lowest BCUT2D eigenvalue weighted by Crippen LogP contribution is -2.36. The van der Waals surface area contributed by atoms with Gasteiger partial charge in [-0.15, -0.1) is 0 Å². The van der Waals surface area contributed by atoms with Gasteiger partial charge < -0.3 is 10.0 Å². The molecule has 0 amide bonds. The molecule has 1 aliphatic rings. The van der Waals surface area contributed by atoms with Crippen LogP contribution in [0, 0.1) is 11.3 Å². The molecular weight excluding hydrogens is 152 g/mol. The van der Waals surface area contributed by atoms with Gasteiger partial charge in [-0.05, 0) is 25.9 Å². The smallest absolute Gasteiger partial charge is 0.0796 e. The van der Waals surface area contributed by atoms with Crippen molar-refractivity contribution in [3.8, 4) is 6.07 Å². The molecule has 1 atom stereocenters. The monoisotopic (exact) mass is 168 g/mol. The number of aliphatic hydroxyl groups excluding tert-OH is 1. The molecule has 3 nitrogen and oxygen atoms in total. The molecule has 1 aliphatic heterocycles. The number of aliphatic hydroxyl groups is 1. The summed E-state index contributed by atoms with van der Waals surface area (Å²) >= 11 is 0. The Labute approximate surface area is 73.6 Å². The molecule has 0 saturated carbocycles. The van der Waals surface area contributed by atoms with Gasteiger partial charge in [0.2, 0.25) is 0 Å². The predicted molar refractivity (Wildman–Crippen MR) is 46.5 cm³/mol. The number of β-amino-alcohol motifs (C(OH)–C–C–N with tert-alkyl or cyclic N) is 1. The zero-order valence-corrected chi connectivity index (χ0v) is 7.37. The van der Waals surface area contributed by atoms with Crippen LogP contribution in [-0.4, -0.2) is 35.7 Å². The molecular formula is C9H16N2O. The van der Waals surface area contributed by atoms with Crippen molar-refractivity contribution in [2.75, 3.05) is 19.6 Å². The molecule has 68 valence electrons. The maximum atomic E-state index is 9.34. The summed E-state index contributed by atoms with van der Waals surface area (Å²) in [5.74, 6) is 0. The first kappa shape index (κ1) is 9.50. The Hall–Kier alpha value is -0.590. The number of hydrogen-bond donors (Lipinski definition) is 1. The van der Waals surface area contributed by atoms with Gasteiger partial charge in [-0.1, -0.05) is 6.42 Å². The fourth-order valence-corrected chi connectivity index (χ4v) is 1.61. The van der Waals surface area contributed by atoms with E-state index in [1.807, 2.05) is 6.07 Å². The second-order valence-corrected chi connectivity index (χ2v) is 3.38. The Morgan fingerprint density at radius 3 is 2.58 bits per heavy atom. The minimum atomic E-state index is -0.451. The van der Waals surface area contributed by atoms with E-state index in [0.29, 0.717) is 6.54 Å². The maximum Gasteiger partial charge on any atom is 0.0796 e. The van der Waals surface area contributed by atoms with Crippen molar-refractivity contribution < 1.29 is 5.11 Å². The van der Waals surface area contributed by atoms with Crippen molar-refractivity contribution in [1.82, 2.24) is 4.90 Å². The van der Waals surface area contributed by atoms with Gasteiger partial charge in [-0.25, -0.2) is 0 Å². The van der Waals surface area contributed by atoms with Crippen molar-refractivity contribution in [1.29, 1.82) is 5.26 Å². The Kier molecular flexibility index (Phi) is 4.06. The topological polar surface area (TPSA) is 47.3 Å². The van der Waals surface area contributed by atoms with Gasteiger partial charge in [-0.2, -0.15) is 5.26 Å². The third-order valence-corrected chi connectivity index (χ3v) is 2.24. The van der Waals surface area contributed by atoms with Crippen LogP contribution in [-0.2, 0) is 0 Å². The van der Waals surface area contributed by atoms with Gasteiger partial charge in [0.05, 0.1) is 18.6 Å². The third-order valence-electron chi connectivity index (χ3n) is 2.24. The number of piperidine rings is 1. The van der Waals surface area contributed by atoms with Crippen LogP contribution in [0.4, 0.5) is 0 Å². The highest BCUT2D eigenvalue weighted by Gasteiger charge is 2.13. The summed E-state index contributed by atoms with van der Waals surface area (Å²) in [6.07, 6.45) is 3.59. The Morgan fingerprint density at radius 2 is 2.00 bits per heavy atom. The summed E-state index contributed by atoms with van der Waals surface area (Å²) < 4.78 is 0. The number of likely N-dealkylation sites (tertiary alicyclic amines) is 1. The first-order valence-corrected chi connectivity index (χ1v) is 4.60. The molecule has 1 fully saturated rings. The van der Waals surface area contributed by atoms with Gasteiger partial charge in [0.25, 0.3) is 0 Å². The summed E-state index contributed by atoms with van der Waals surface area (Å²) in [6.45, 7) is 2.85. The number of nitrogens with zero attached hydrogens (tertiary/aromatic N) is 2. The molecule has 0 aromatic rings. The first-order valence-electron chi connectivity index (χ1n) is 4.60. The Balaban J connectivity index is 2.16. The van der Waals surface area contributed by atoms with Gasteiger partial charge in [0.1, 0.15) is 0 Å². The average Bonchev–Trinajstić information content (AvgIpc) is 2.06. The molecule has 3 heteroatoms. The van der Waals surface area contributed by atoms with E-state index in [4.69, 9.17) is 5.26 Å². The molecule has 12 heavy (non-hydrogen) atoms. The quantitative estimate of drug-likeness (QED) is 0.676. The molecule has 1 heterocycles. The molecule has 1 saturated heterocycles. The number of hydrogen-bond acceptors (Lipinski definition) is 3.